The Morgan fingerprint density at radius 1 is 0.867 bits per heavy atom. The van der Waals surface area contributed by atoms with Crippen LogP contribution in [-0.4, -0.2) is 38.7 Å². The van der Waals surface area contributed by atoms with E-state index in [1.165, 1.54) is 25.7 Å². The number of nitrogens with zero attached hydrogens (tertiary/aromatic N) is 2. The Bertz CT molecular complexity index is 206. The van der Waals surface area contributed by atoms with Gasteiger partial charge in [-0.3, -0.25) is 9.98 Å². The van der Waals surface area contributed by atoms with Crippen LogP contribution in [-0.2, 0) is 4.74 Å². The Hall–Kier alpha value is -0.700. The largest absolute Gasteiger partial charge is 0.370 e. The molecule has 0 aromatic rings. The Balaban J connectivity index is 1.36. The minimum absolute atomic E-state index is 0.627. The van der Waals surface area contributed by atoms with Gasteiger partial charge in [-0.15, -0.1) is 0 Å². The first kappa shape index (κ1) is 10.8. The number of aliphatic imine (C=N–C) groups is 2. The molecule has 2 aliphatic carbocycles. The van der Waals surface area contributed by atoms with Crippen molar-refractivity contribution in [2.75, 3.05) is 26.3 Å². The monoisotopic (exact) mass is 208 g/mol. The predicted molar refractivity (Wildman–Crippen MR) is 63.0 cm³/mol. The molecule has 0 unspecified atom stereocenters. The normalized spacial score (nSPS) is 21.9. The molecule has 3 heteroatoms. The van der Waals surface area contributed by atoms with Gasteiger partial charge in [0.2, 0.25) is 0 Å². The molecule has 0 amide bonds. The van der Waals surface area contributed by atoms with Crippen LogP contribution in [0.1, 0.15) is 25.7 Å². The van der Waals surface area contributed by atoms with E-state index in [2.05, 4.69) is 9.98 Å². The van der Waals surface area contributed by atoms with Crippen LogP contribution in [0.25, 0.3) is 0 Å². The van der Waals surface area contributed by atoms with E-state index in [1.807, 2.05) is 12.4 Å². The second-order valence-electron chi connectivity index (χ2n) is 4.52. The van der Waals surface area contributed by atoms with Gasteiger partial charge in [0.15, 0.2) is 0 Å². The van der Waals surface area contributed by atoms with Crippen molar-refractivity contribution >= 4 is 12.4 Å². The molecular formula is C12H20N2O. The van der Waals surface area contributed by atoms with Gasteiger partial charge in [0.05, 0.1) is 13.2 Å². The topological polar surface area (TPSA) is 34.0 Å². The molecule has 84 valence electrons. The second kappa shape index (κ2) is 6.01. The zero-order valence-electron chi connectivity index (χ0n) is 9.27. The van der Waals surface area contributed by atoms with E-state index in [4.69, 9.17) is 4.74 Å². The molecule has 0 bridgehead atoms. The highest BCUT2D eigenvalue weighted by Crippen LogP contribution is 2.29. The van der Waals surface area contributed by atoms with E-state index >= 15 is 0 Å². The summed E-state index contributed by atoms with van der Waals surface area (Å²) in [7, 11) is 0. The maximum Gasteiger partial charge on any atom is 0.0819 e. The lowest BCUT2D eigenvalue weighted by Gasteiger charge is -1.94. The third-order valence-corrected chi connectivity index (χ3v) is 2.76. The third-order valence-electron chi connectivity index (χ3n) is 2.76. The van der Waals surface area contributed by atoms with Crippen molar-refractivity contribution in [3.8, 4) is 0 Å². The fourth-order valence-electron chi connectivity index (χ4n) is 1.33. The molecule has 2 rings (SSSR count). The quantitative estimate of drug-likeness (QED) is 0.443. The maximum atomic E-state index is 5.34. The van der Waals surface area contributed by atoms with Gasteiger partial charge in [-0.2, -0.15) is 0 Å². The first-order chi connectivity index (χ1) is 7.45. The van der Waals surface area contributed by atoms with E-state index in [1.54, 1.807) is 0 Å². The Morgan fingerprint density at radius 2 is 1.33 bits per heavy atom. The fourth-order valence-corrected chi connectivity index (χ4v) is 1.33. The van der Waals surface area contributed by atoms with Crippen LogP contribution < -0.4 is 0 Å². The van der Waals surface area contributed by atoms with Crippen molar-refractivity contribution < 1.29 is 4.74 Å². The Kier molecular flexibility index (Phi) is 4.33. The Morgan fingerprint density at radius 3 is 1.73 bits per heavy atom. The molecule has 0 heterocycles. The van der Waals surface area contributed by atoms with Gasteiger partial charge in [-0.25, -0.2) is 0 Å². The fraction of sp³-hybridized carbons (Fsp3) is 0.833. The number of hydrogen-bond donors (Lipinski definition) is 0. The number of ether oxygens (including phenoxy) is 1. The summed E-state index contributed by atoms with van der Waals surface area (Å²) < 4.78 is 5.34. The van der Waals surface area contributed by atoms with E-state index in [9.17, 15) is 0 Å². The van der Waals surface area contributed by atoms with Crippen LogP contribution in [0.4, 0.5) is 0 Å². The van der Waals surface area contributed by atoms with Crippen molar-refractivity contribution in [2.45, 2.75) is 25.7 Å². The van der Waals surface area contributed by atoms with E-state index in [0.29, 0.717) is 13.2 Å². The van der Waals surface area contributed by atoms with Crippen LogP contribution in [0, 0.1) is 11.8 Å². The lowest BCUT2D eigenvalue weighted by molar-refractivity contribution is 0.220. The summed E-state index contributed by atoms with van der Waals surface area (Å²) in [5.74, 6) is 1.75. The van der Waals surface area contributed by atoms with Crippen LogP contribution >= 0.6 is 0 Å². The van der Waals surface area contributed by atoms with Gasteiger partial charge in [-0.1, -0.05) is 0 Å². The van der Waals surface area contributed by atoms with E-state index in [-0.39, 0.29) is 0 Å². The van der Waals surface area contributed by atoms with E-state index < -0.39 is 0 Å². The van der Waals surface area contributed by atoms with Gasteiger partial charge in [-0.05, 0) is 37.5 Å². The molecule has 15 heavy (non-hydrogen) atoms. The summed E-state index contributed by atoms with van der Waals surface area (Å²) >= 11 is 0. The summed E-state index contributed by atoms with van der Waals surface area (Å²) in [4.78, 5) is 8.59. The molecule has 0 aliphatic heterocycles. The first-order valence-electron chi connectivity index (χ1n) is 5.99. The molecule has 0 radical (unpaired) electrons. The van der Waals surface area contributed by atoms with Crippen molar-refractivity contribution in [2.24, 2.45) is 21.8 Å². The molecule has 2 aliphatic rings. The second-order valence-corrected chi connectivity index (χ2v) is 4.52. The predicted octanol–water partition coefficient (Wildman–Crippen LogP) is 1.96. The average Bonchev–Trinajstić information content (AvgIpc) is 3.10. The highest BCUT2D eigenvalue weighted by molar-refractivity contribution is 5.61. The smallest absolute Gasteiger partial charge is 0.0819 e. The van der Waals surface area contributed by atoms with Crippen LogP contribution in [0.15, 0.2) is 9.98 Å². The summed E-state index contributed by atoms with van der Waals surface area (Å²) in [6.07, 6.45) is 9.23. The molecule has 0 spiro atoms. The van der Waals surface area contributed by atoms with Gasteiger partial charge in [0.1, 0.15) is 0 Å². The zero-order chi connectivity index (χ0) is 10.3. The molecule has 0 aromatic carbocycles. The van der Waals surface area contributed by atoms with Crippen molar-refractivity contribution in [3.63, 3.8) is 0 Å². The van der Waals surface area contributed by atoms with Gasteiger partial charge in [0, 0.05) is 25.5 Å². The van der Waals surface area contributed by atoms with E-state index in [0.717, 1.165) is 24.9 Å². The molecule has 2 fully saturated rings. The van der Waals surface area contributed by atoms with Gasteiger partial charge < -0.3 is 4.74 Å². The SMILES string of the molecule is C(COCC=NCC1CC1)=NCC1CC1. The molecule has 0 saturated heterocycles. The highest BCUT2D eigenvalue weighted by Gasteiger charge is 2.20. The van der Waals surface area contributed by atoms with Crippen molar-refractivity contribution in [1.29, 1.82) is 0 Å². The summed E-state index contributed by atoms with van der Waals surface area (Å²) in [5, 5.41) is 0. The number of rotatable bonds is 8. The van der Waals surface area contributed by atoms with Crippen LogP contribution in [0.2, 0.25) is 0 Å². The van der Waals surface area contributed by atoms with Crippen molar-refractivity contribution in [1.82, 2.24) is 0 Å². The molecule has 0 atom stereocenters. The standard InChI is InChI=1S/C12H20N2O/c1-2-11(1)9-13-5-7-15-8-6-14-10-12-3-4-12/h5-6,11-12H,1-4,7-10H2. The lowest BCUT2D eigenvalue weighted by Crippen LogP contribution is -2.00. The third kappa shape index (κ3) is 5.67. The van der Waals surface area contributed by atoms with Gasteiger partial charge in [0.25, 0.3) is 0 Å². The molecule has 2 saturated carbocycles. The van der Waals surface area contributed by atoms with Crippen LogP contribution in [0.3, 0.4) is 0 Å². The Labute approximate surface area is 91.6 Å². The zero-order valence-corrected chi connectivity index (χ0v) is 9.27. The molecule has 0 aromatic heterocycles. The minimum atomic E-state index is 0.627. The average molecular weight is 208 g/mol. The summed E-state index contributed by atoms with van der Waals surface area (Å²) in [6, 6.07) is 0. The molecule has 3 nitrogen and oxygen atoms in total. The summed E-state index contributed by atoms with van der Waals surface area (Å²) in [6.45, 7) is 3.25. The highest BCUT2D eigenvalue weighted by atomic mass is 16.5. The minimum Gasteiger partial charge on any atom is -0.370 e. The maximum absolute atomic E-state index is 5.34. The van der Waals surface area contributed by atoms with Crippen LogP contribution in [0.5, 0.6) is 0 Å². The first-order valence-corrected chi connectivity index (χ1v) is 5.99. The lowest BCUT2D eigenvalue weighted by atomic mass is 10.4. The van der Waals surface area contributed by atoms with Crippen molar-refractivity contribution in [3.05, 3.63) is 0 Å². The summed E-state index contributed by atoms with van der Waals surface area (Å²) in [5.41, 5.74) is 0. The molecular weight excluding hydrogens is 188 g/mol. The molecule has 0 N–H and O–H groups in total. The van der Waals surface area contributed by atoms with Gasteiger partial charge >= 0.3 is 0 Å². The number of hydrogen-bond acceptors (Lipinski definition) is 3.